The Bertz CT molecular complexity index is 504. The predicted octanol–water partition coefficient (Wildman–Crippen LogP) is 0.759. The molecule has 7 nitrogen and oxygen atoms in total. The van der Waals surface area contributed by atoms with Crippen LogP contribution in [0.25, 0.3) is 0 Å². The van der Waals surface area contributed by atoms with Gasteiger partial charge in [-0.15, -0.1) is 0 Å². The Morgan fingerprint density at radius 2 is 2.05 bits per heavy atom. The molecule has 1 aliphatic heterocycles. The number of carbonyl (C=O) groups excluding carboxylic acids is 1. The van der Waals surface area contributed by atoms with Crippen LogP contribution in [0.15, 0.2) is 0 Å². The zero-order chi connectivity index (χ0) is 16.3. The maximum Gasteiger partial charge on any atom is 0.318 e. The summed E-state index contributed by atoms with van der Waals surface area (Å²) in [5, 5.41) is 10.6. The van der Waals surface area contributed by atoms with Crippen molar-refractivity contribution >= 4 is 33.6 Å². The Kier molecular flexibility index (Phi) is 5.92. The van der Waals surface area contributed by atoms with Gasteiger partial charge in [0, 0.05) is 36.3 Å². The van der Waals surface area contributed by atoms with E-state index in [1.807, 2.05) is 0 Å². The van der Waals surface area contributed by atoms with E-state index in [0.717, 1.165) is 6.26 Å². The van der Waals surface area contributed by atoms with E-state index >= 15 is 0 Å². The second-order valence-electron chi connectivity index (χ2n) is 5.76. The number of hydrogen-bond donors (Lipinski definition) is 2. The predicted molar refractivity (Wildman–Crippen MR) is 82.1 cm³/mol. The number of aliphatic carboxylic acids is 1. The lowest BCUT2D eigenvalue weighted by molar-refractivity contribution is -0.137. The number of amides is 2. The van der Waals surface area contributed by atoms with E-state index in [9.17, 15) is 18.0 Å². The van der Waals surface area contributed by atoms with Gasteiger partial charge in [-0.25, -0.2) is 13.2 Å². The standard InChI is InChI=1S/C12H22N2O5S2/c1-12(2,5-4-10(15)16)13-11(17)14-6-7-20-8-9(14)21(3,18)19/h9H,4-8H2,1-3H3,(H,13,17)(H,15,16). The number of carboxylic acid groups (broad SMARTS) is 1. The summed E-state index contributed by atoms with van der Waals surface area (Å²) in [6, 6.07) is -0.457. The second kappa shape index (κ2) is 6.87. The number of carboxylic acids is 1. The number of thioether (sulfide) groups is 1. The van der Waals surface area contributed by atoms with Crippen molar-refractivity contribution in [1.82, 2.24) is 10.2 Å². The minimum atomic E-state index is -3.35. The van der Waals surface area contributed by atoms with E-state index in [4.69, 9.17) is 5.11 Å². The first-order valence-corrected chi connectivity index (χ1v) is 9.71. The van der Waals surface area contributed by atoms with Gasteiger partial charge in [-0.05, 0) is 20.3 Å². The summed E-state index contributed by atoms with van der Waals surface area (Å²) in [6.07, 6.45) is 1.35. The van der Waals surface area contributed by atoms with Gasteiger partial charge in [0.05, 0.1) is 0 Å². The first-order chi connectivity index (χ1) is 9.53. The summed E-state index contributed by atoms with van der Waals surface area (Å²) in [5.74, 6) is 0.122. The molecular formula is C12H22N2O5S2. The smallest absolute Gasteiger partial charge is 0.318 e. The highest BCUT2D eigenvalue weighted by molar-refractivity contribution is 8.00. The fourth-order valence-electron chi connectivity index (χ4n) is 2.01. The summed E-state index contributed by atoms with van der Waals surface area (Å²) in [5.41, 5.74) is -0.706. The summed E-state index contributed by atoms with van der Waals surface area (Å²) in [4.78, 5) is 24.2. The van der Waals surface area contributed by atoms with Gasteiger partial charge < -0.3 is 15.3 Å². The van der Waals surface area contributed by atoms with E-state index in [2.05, 4.69) is 5.32 Å². The first kappa shape index (κ1) is 18.1. The molecule has 2 N–H and O–H groups in total. The largest absolute Gasteiger partial charge is 0.481 e. The van der Waals surface area contributed by atoms with Gasteiger partial charge in [-0.3, -0.25) is 4.79 Å². The molecule has 0 aromatic rings. The van der Waals surface area contributed by atoms with E-state index in [0.29, 0.717) is 18.1 Å². The molecule has 9 heteroatoms. The molecule has 0 aromatic heterocycles. The van der Waals surface area contributed by atoms with Crippen molar-refractivity contribution in [2.75, 3.05) is 24.3 Å². The van der Waals surface area contributed by atoms with Gasteiger partial charge >= 0.3 is 12.0 Å². The molecule has 0 aromatic carbocycles. The zero-order valence-electron chi connectivity index (χ0n) is 12.5. The number of sulfone groups is 1. The number of nitrogens with one attached hydrogen (secondary N) is 1. The van der Waals surface area contributed by atoms with Crippen molar-refractivity contribution in [3.63, 3.8) is 0 Å². The minimum absolute atomic E-state index is 0.0569. The van der Waals surface area contributed by atoms with Gasteiger partial charge in [0.1, 0.15) is 5.37 Å². The van der Waals surface area contributed by atoms with Crippen molar-refractivity contribution in [3.8, 4) is 0 Å². The number of hydrogen-bond acceptors (Lipinski definition) is 5. The normalized spacial score (nSPS) is 20.1. The summed E-state index contributed by atoms with van der Waals surface area (Å²) >= 11 is 1.50. The Balaban J connectivity index is 2.74. The lowest BCUT2D eigenvalue weighted by Gasteiger charge is -2.37. The van der Waals surface area contributed by atoms with E-state index in [-0.39, 0.29) is 12.8 Å². The SMILES string of the molecule is CC(C)(CCC(=O)O)NC(=O)N1CCSCC1S(C)(=O)=O. The molecule has 21 heavy (non-hydrogen) atoms. The fraction of sp³-hybridized carbons (Fsp3) is 0.833. The molecule has 122 valence electrons. The highest BCUT2D eigenvalue weighted by atomic mass is 32.2. The molecule has 1 saturated heterocycles. The quantitative estimate of drug-likeness (QED) is 0.767. The Labute approximate surface area is 129 Å². The molecule has 1 heterocycles. The second-order valence-corrected chi connectivity index (χ2v) is 9.11. The number of nitrogens with zero attached hydrogens (tertiary/aromatic N) is 1. The third kappa shape index (κ3) is 5.74. The zero-order valence-corrected chi connectivity index (χ0v) is 14.1. The Morgan fingerprint density at radius 1 is 1.43 bits per heavy atom. The average molecular weight is 338 g/mol. The van der Waals surface area contributed by atoms with Crippen LogP contribution in [0, 0.1) is 0 Å². The molecule has 1 unspecified atom stereocenters. The lowest BCUT2D eigenvalue weighted by Crippen LogP contribution is -2.57. The number of rotatable bonds is 5. The van der Waals surface area contributed by atoms with Crippen LogP contribution in [0.5, 0.6) is 0 Å². The van der Waals surface area contributed by atoms with Crippen molar-refractivity contribution in [3.05, 3.63) is 0 Å². The average Bonchev–Trinajstić information content (AvgIpc) is 2.35. The highest BCUT2D eigenvalue weighted by Crippen LogP contribution is 2.21. The van der Waals surface area contributed by atoms with Gasteiger partial charge in [0.2, 0.25) is 0 Å². The lowest BCUT2D eigenvalue weighted by atomic mass is 9.99. The van der Waals surface area contributed by atoms with Crippen LogP contribution in [0.1, 0.15) is 26.7 Å². The fourth-order valence-corrected chi connectivity index (χ4v) is 4.83. The summed E-state index contributed by atoms with van der Waals surface area (Å²) in [7, 11) is -3.35. The monoisotopic (exact) mass is 338 g/mol. The maximum atomic E-state index is 12.3. The van der Waals surface area contributed by atoms with E-state index in [1.165, 1.54) is 16.7 Å². The molecule has 0 spiro atoms. The number of carbonyl (C=O) groups is 2. The Morgan fingerprint density at radius 3 is 2.57 bits per heavy atom. The third-order valence-corrected chi connectivity index (χ3v) is 5.89. The topological polar surface area (TPSA) is 104 Å². The van der Waals surface area contributed by atoms with Gasteiger partial charge in [0.25, 0.3) is 0 Å². The van der Waals surface area contributed by atoms with Crippen LogP contribution in [-0.2, 0) is 14.6 Å². The molecule has 2 amide bonds. The van der Waals surface area contributed by atoms with E-state index in [1.54, 1.807) is 13.8 Å². The Hall–Kier alpha value is -0.960. The van der Waals surface area contributed by atoms with E-state index < -0.39 is 32.8 Å². The molecular weight excluding hydrogens is 316 g/mol. The van der Waals surface area contributed by atoms with Crippen LogP contribution in [0.4, 0.5) is 4.79 Å². The van der Waals surface area contributed by atoms with Gasteiger partial charge in [-0.2, -0.15) is 11.8 Å². The third-order valence-electron chi connectivity index (χ3n) is 3.25. The summed E-state index contributed by atoms with van der Waals surface area (Å²) < 4.78 is 23.5. The molecule has 0 saturated carbocycles. The first-order valence-electron chi connectivity index (χ1n) is 6.60. The van der Waals surface area contributed by atoms with Crippen LogP contribution in [0.3, 0.4) is 0 Å². The van der Waals surface area contributed by atoms with Crippen molar-refractivity contribution in [1.29, 1.82) is 0 Å². The molecule has 0 aliphatic carbocycles. The molecule has 1 atom stereocenters. The van der Waals surface area contributed by atoms with Crippen molar-refractivity contribution in [2.24, 2.45) is 0 Å². The van der Waals surface area contributed by atoms with Crippen LogP contribution < -0.4 is 5.32 Å². The van der Waals surface area contributed by atoms with Gasteiger partial charge in [-0.1, -0.05) is 0 Å². The van der Waals surface area contributed by atoms with Crippen molar-refractivity contribution < 1.29 is 23.1 Å². The minimum Gasteiger partial charge on any atom is -0.481 e. The molecule has 0 bridgehead atoms. The van der Waals surface area contributed by atoms with Gasteiger partial charge in [0.15, 0.2) is 9.84 Å². The summed E-state index contributed by atoms with van der Waals surface area (Å²) in [6.45, 7) is 3.81. The molecule has 1 rings (SSSR count). The van der Waals surface area contributed by atoms with Crippen LogP contribution in [0.2, 0.25) is 0 Å². The molecule has 1 fully saturated rings. The van der Waals surface area contributed by atoms with Crippen molar-refractivity contribution in [2.45, 2.75) is 37.6 Å². The highest BCUT2D eigenvalue weighted by Gasteiger charge is 2.36. The maximum absolute atomic E-state index is 12.3. The molecule has 1 aliphatic rings. The number of urea groups is 1. The van der Waals surface area contributed by atoms with Crippen LogP contribution >= 0.6 is 11.8 Å². The van der Waals surface area contributed by atoms with Crippen LogP contribution in [-0.4, -0.2) is 65.6 Å². The molecule has 0 radical (unpaired) electrons.